The summed E-state index contributed by atoms with van der Waals surface area (Å²) >= 11 is 0. The quantitative estimate of drug-likeness (QED) is 0.280. The van der Waals surface area contributed by atoms with Crippen LogP contribution in [0.4, 0.5) is 5.82 Å². The third kappa shape index (κ3) is 8.25. The van der Waals surface area contributed by atoms with Crippen molar-refractivity contribution in [1.82, 2.24) is 15.6 Å². The lowest BCUT2D eigenvalue weighted by Gasteiger charge is -2.15. The fourth-order valence-electron chi connectivity index (χ4n) is 2.80. The third-order valence-corrected chi connectivity index (χ3v) is 4.27. The van der Waals surface area contributed by atoms with E-state index in [1.807, 2.05) is 57.2 Å². The Morgan fingerprint density at radius 1 is 1.00 bits per heavy atom. The van der Waals surface area contributed by atoms with Crippen LogP contribution in [0.3, 0.4) is 0 Å². The Morgan fingerprint density at radius 2 is 1.73 bits per heavy atom. The number of nitrogens with one attached hydrogen (secondary N) is 2. The van der Waals surface area contributed by atoms with Gasteiger partial charge in [0.1, 0.15) is 5.82 Å². The molecular weight excluding hydrogens is 493 g/mol. The van der Waals surface area contributed by atoms with Gasteiger partial charge in [-0.15, -0.1) is 24.0 Å². The van der Waals surface area contributed by atoms with Gasteiger partial charge in [0.15, 0.2) is 17.5 Å². The molecule has 0 radical (unpaired) electrons. The highest BCUT2D eigenvalue weighted by atomic mass is 127. The predicted molar refractivity (Wildman–Crippen MR) is 135 cm³/mol. The SMILES string of the molecule is CCOc1ccc(CCNC(=NC)NCc2ccnc(N(C)C)c2)cc1OCC.I. The van der Waals surface area contributed by atoms with Gasteiger partial charge in [0.25, 0.3) is 0 Å². The highest BCUT2D eigenvalue weighted by molar-refractivity contribution is 14.0. The van der Waals surface area contributed by atoms with Crippen molar-refractivity contribution < 1.29 is 9.47 Å². The van der Waals surface area contributed by atoms with Crippen molar-refractivity contribution in [2.75, 3.05) is 45.8 Å². The molecule has 7 nitrogen and oxygen atoms in total. The molecule has 166 valence electrons. The van der Waals surface area contributed by atoms with E-state index in [0.717, 1.165) is 41.8 Å². The van der Waals surface area contributed by atoms with Gasteiger partial charge in [-0.05, 0) is 55.7 Å². The Labute approximate surface area is 197 Å². The maximum atomic E-state index is 5.70. The summed E-state index contributed by atoms with van der Waals surface area (Å²) in [5.41, 5.74) is 2.34. The lowest BCUT2D eigenvalue weighted by molar-refractivity contribution is 0.287. The Bertz CT molecular complexity index is 799. The lowest BCUT2D eigenvalue weighted by Crippen LogP contribution is -2.37. The van der Waals surface area contributed by atoms with E-state index in [4.69, 9.17) is 9.47 Å². The van der Waals surface area contributed by atoms with Crippen LogP contribution in [0.1, 0.15) is 25.0 Å². The minimum atomic E-state index is 0. The van der Waals surface area contributed by atoms with Gasteiger partial charge in [-0.3, -0.25) is 4.99 Å². The van der Waals surface area contributed by atoms with Crippen molar-refractivity contribution in [3.05, 3.63) is 47.7 Å². The minimum absolute atomic E-state index is 0. The molecule has 0 aliphatic heterocycles. The van der Waals surface area contributed by atoms with Crippen LogP contribution in [0.15, 0.2) is 41.5 Å². The van der Waals surface area contributed by atoms with E-state index in [2.05, 4.69) is 32.7 Å². The van der Waals surface area contributed by atoms with Gasteiger partial charge in [-0.2, -0.15) is 0 Å². The predicted octanol–water partition coefficient (Wildman–Crippen LogP) is 3.47. The van der Waals surface area contributed by atoms with Crippen molar-refractivity contribution in [1.29, 1.82) is 0 Å². The first-order chi connectivity index (χ1) is 14.1. The number of hydrogen-bond acceptors (Lipinski definition) is 5. The normalized spacial score (nSPS) is 10.8. The van der Waals surface area contributed by atoms with E-state index in [-0.39, 0.29) is 24.0 Å². The highest BCUT2D eigenvalue weighted by Crippen LogP contribution is 2.28. The van der Waals surface area contributed by atoms with Crippen molar-refractivity contribution in [3.8, 4) is 11.5 Å². The second-order valence-corrected chi connectivity index (χ2v) is 6.67. The van der Waals surface area contributed by atoms with Gasteiger partial charge in [0, 0.05) is 40.4 Å². The molecule has 2 aromatic rings. The highest BCUT2D eigenvalue weighted by Gasteiger charge is 2.07. The second-order valence-electron chi connectivity index (χ2n) is 6.67. The van der Waals surface area contributed by atoms with Crippen LogP contribution in [-0.2, 0) is 13.0 Å². The van der Waals surface area contributed by atoms with E-state index in [9.17, 15) is 0 Å². The summed E-state index contributed by atoms with van der Waals surface area (Å²) in [6.07, 6.45) is 2.68. The number of pyridine rings is 1. The first-order valence-electron chi connectivity index (χ1n) is 10.0. The third-order valence-electron chi connectivity index (χ3n) is 4.27. The van der Waals surface area contributed by atoms with Crippen LogP contribution in [0.2, 0.25) is 0 Å². The molecular formula is C22H34IN5O2. The van der Waals surface area contributed by atoms with Crippen LogP contribution >= 0.6 is 24.0 Å². The molecule has 0 saturated heterocycles. The smallest absolute Gasteiger partial charge is 0.191 e. The topological polar surface area (TPSA) is 71.0 Å². The van der Waals surface area contributed by atoms with Crippen LogP contribution < -0.4 is 25.0 Å². The first kappa shape index (κ1) is 25.8. The minimum Gasteiger partial charge on any atom is -0.490 e. The van der Waals surface area contributed by atoms with E-state index in [1.165, 1.54) is 5.56 Å². The zero-order valence-corrected chi connectivity index (χ0v) is 20.9. The Hall–Kier alpha value is -2.23. The molecule has 1 aromatic heterocycles. The van der Waals surface area contributed by atoms with Gasteiger partial charge >= 0.3 is 0 Å². The summed E-state index contributed by atoms with van der Waals surface area (Å²) < 4.78 is 11.3. The number of anilines is 1. The number of benzene rings is 1. The van der Waals surface area contributed by atoms with Crippen LogP contribution in [0.5, 0.6) is 11.5 Å². The lowest BCUT2D eigenvalue weighted by atomic mass is 10.1. The fraction of sp³-hybridized carbons (Fsp3) is 0.455. The van der Waals surface area contributed by atoms with Gasteiger partial charge in [-0.25, -0.2) is 4.98 Å². The zero-order valence-electron chi connectivity index (χ0n) is 18.6. The molecule has 2 N–H and O–H groups in total. The largest absolute Gasteiger partial charge is 0.490 e. The number of halogens is 1. The van der Waals surface area contributed by atoms with Crippen molar-refractivity contribution in [2.24, 2.45) is 4.99 Å². The summed E-state index contributed by atoms with van der Waals surface area (Å²) in [7, 11) is 5.74. The average Bonchev–Trinajstić information content (AvgIpc) is 2.72. The Balaban J connectivity index is 0.00000450. The van der Waals surface area contributed by atoms with Crippen molar-refractivity contribution in [2.45, 2.75) is 26.8 Å². The molecule has 0 atom stereocenters. The Morgan fingerprint density at radius 3 is 2.40 bits per heavy atom. The number of guanidine groups is 1. The molecule has 0 spiro atoms. The van der Waals surface area contributed by atoms with E-state index >= 15 is 0 Å². The zero-order chi connectivity index (χ0) is 21.1. The van der Waals surface area contributed by atoms with Crippen molar-refractivity contribution in [3.63, 3.8) is 0 Å². The summed E-state index contributed by atoms with van der Waals surface area (Å²) in [5, 5.41) is 6.70. The molecule has 8 heteroatoms. The molecule has 0 bridgehead atoms. The first-order valence-corrected chi connectivity index (χ1v) is 10.0. The summed E-state index contributed by atoms with van der Waals surface area (Å²) in [6, 6.07) is 10.2. The maximum absolute atomic E-state index is 5.70. The van der Waals surface area contributed by atoms with Crippen LogP contribution in [0.25, 0.3) is 0 Å². The van der Waals surface area contributed by atoms with Crippen molar-refractivity contribution >= 4 is 35.8 Å². The number of aliphatic imine (C=N–C) groups is 1. The molecule has 0 unspecified atom stereocenters. The number of rotatable bonds is 10. The van der Waals surface area contributed by atoms with E-state index in [1.54, 1.807) is 7.05 Å². The van der Waals surface area contributed by atoms with Gasteiger partial charge < -0.3 is 25.0 Å². The molecule has 1 aromatic carbocycles. The van der Waals surface area contributed by atoms with E-state index in [0.29, 0.717) is 19.8 Å². The summed E-state index contributed by atoms with van der Waals surface area (Å²) in [5.74, 6) is 3.29. The number of aromatic nitrogens is 1. The molecule has 2 rings (SSSR count). The molecule has 0 fully saturated rings. The number of ether oxygens (including phenoxy) is 2. The molecule has 0 amide bonds. The standard InChI is InChI=1S/C22H33N5O2.HI/c1-6-28-19-9-8-17(14-20(19)29-7-2)10-13-25-22(23-3)26-16-18-11-12-24-21(15-18)27(4)5;/h8-9,11-12,14-15H,6-7,10,13,16H2,1-5H3,(H2,23,25,26);1H. The maximum Gasteiger partial charge on any atom is 0.191 e. The fourth-order valence-corrected chi connectivity index (χ4v) is 2.80. The second kappa shape index (κ2) is 13.9. The number of nitrogens with zero attached hydrogens (tertiary/aromatic N) is 3. The Kier molecular flexibility index (Phi) is 12.0. The van der Waals surface area contributed by atoms with Crippen LogP contribution in [0, 0.1) is 0 Å². The van der Waals surface area contributed by atoms with Gasteiger partial charge in [0.05, 0.1) is 13.2 Å². The van der Waals surface area contributed by atoms with Gasteiger partial charge in [0.2, 0.25) is 0 Å². The van der Waals surface area contributed by atoms with Crippen LogP contribution in [-0.4, -0.2) is 51.8 Å². The summed E-state index contributed by atoms with van der Waals surface area (Å²) in [6.45, 7) is 6.63. The molecule has 0 saturated carbocycles. The summed E-state index contributed by atoms with van der Waals surface area (Å²) in [4.78, 5) is 10.6. The van der Waals surface area contributed by atoms with Gasteiger partial charge in [-0.1, -0.05) is 6.07 Å². The molecule has 0 aliphatic carbocycles. The average molecular weight is 527 g/mol. The molecule has 30 heavy (non-hydrogen) atoms. The van der Waals surface area contributed by atoms with E-state index < -0.39 is 0 Å². The number of hydrogen-bond donors (Lipinski definition) is 2. The molecule has 1 heterocycles. The monoisotopic (exact) mass is 527 g/mol. The molecule has 0 aliphatic rings.